The van der Waals surface area contributed by atoms with Crippen molar-refractivity contribution in [2.24, 2.45) is 0 Å². The zero-order chi connectivity index (χ0) is 20.8. The van der Waals surface area contributed by atoms with Gasteiger partial charge in [-0.1, -0.05) is 46.7 Å². The van der Waals surface area contributed by atoms with Crippen molar-refractivity contribution in [2.75, 3.05) is 13.1 Å². The van der Waals surface area contributed by atoms with Crippen molar-refractivity contribution in [2.45, 2.75) is 44.6 Å². The second-order valence-corrected chi connectivity index (χ2v) is 10.8. The Labute approximate surface area is 180 Å². The number of nitrogens with zero attached hydrogens (tertiary/aromatic N) is 2. The molecular weight excluding hydrogens is 428 g/mol. The maximum atomic E-state index is 13.2. The standard InChI is InChI=1S/C21H23ClN2O3S2/c1-13-11-14(2)20(15(3)12-13)29(25,26)24-9-7-16(8-10-24)27-21-23-19-17(22)5-4-6-18(19)28-21/h4-6,11-12,16H,7-10H2,1-3H3. The van der Waals surface area contributed by atoms with Gasteiger partial charge in [0.1, 0.15) is 11.6 Å². The van der Waals surface area contributed by atoms with Crippen LogP contribution in [0.15, 0.2) is 35.2 Å². The third-order valence-corrected chi connectivity index (χ3v) is 8.64. The number of halogens is 1. The third-order valence-electron chi connectivity index (χ3n) is 5.22. The number of hydrogen-bond acceptors (Lipinski definition) is 5. The minimum absolute atomic E-state index is 0.0546. The number of aromatic nitrogens is 1. The molecule has 3 aromatic rings. The Morgan fingerprint density at radius 2 is 1.79 bits per heavy atom. The number of hydrogen-bond donors (Lipinski definition) is 0. The molecule has 0 amide bonds. The Morgan fingerprint density at radius 1 is 1.14 bits per heavy atom. The van der Waals surface area contributed by atoms with Gasteiger partial charge in [0.2, 0.25) is 10.0 Å². The molecule has 8 heteroatoms. The number of benzene rings is 2. The first kappa shape index (κ1) is 20.6. The second kappa shape index (κ2) is 7.87. The molecular formula is C21H23ClN2O3S2. The minimum atomic E-state index is -3.52. The van der Waals surface area contributed by atoms with Crippen LogP contribution in [0.3, 0.4) is 0 Å². The molecule has 5 nitrogen and oxygen atoms in total. The number of para-hydroxylation sites is 1. The highest BCUT2D eigenvalue weighted by Crippen LogP contribution is 2.34. The predicted octanol–water partition coefficient (Wildman–Crippen LogP) is 5.11. The summed E-state index contributed by atoms with van der Waals surface area (Å²) in [5, 5.41) is 1.19. The van der Waals surface area contributed by atoms with Gasteiger partial charge in [-0.05, 0) is 56.9 Å². The molecule has 0 saturated carbocycles. The Morgan fingerprint density at radius 3 is 2.41 bits per heavy atom. The number of fused-ring (bicyclic) bond motifs is 1. The zero-order valence-electron chi connectivity index (χ0n) is 16.6. The lowest BCUT2D eigenvalue weighted by molar-refractivity contribution is 0.135. The average molecular weight is 451 g/mol. The van der Waals surface area contributed by atoms with Crippen molar-refractivity contribution in [3.63, 3.8) is 0 Å². The summed E-state index contributed by atoms with van der Waals surface area (Å²) in [4.78, 5) is 4.92. The molecule has 1 aliphatic rings. The van der Waals surface area contributed by atoms with Crippen LogP contribution < -0.4 is 4.74 Å². The van der Waals surface area contributed by atoms with Crippen molar-refractivity contribution in [3.8, 4) is 5.19 Å². The van der Waals surface area contributed by atoms with Gasteiger partial charge in [-0.3, -0.25) is 0 Å². The Hall–Kier alpha value is -1.67. The van der Waals surface area contributed by atoms with Gasteiger partial charge in [0.15, 0.2) is 0 Å². The molecule has 0 atom stereocenters. The van der Waals surface area contributed by atoms with Crippen LogP contribution in [0.25, 0.3) is 10.2 Å². The van der Waals surface area contributed by atoms with Crippen LogP contribution in [0.5, 0.6) is 5.19 Å². The van der Waals surface area contributed by atoms with E-state index in [0.29, 0.717) is 41.0 Å². The molecule has 0 unspecified atom stereocenters. The van der Waals surface area contributed by atoms with Crippen LogP contribution in [0, 0.1) is 20.8 Å². The average Bonchev–Trinajstić information content (AvgIpc) is 3.05. The normalized spacial score (nSPS) is 16.4. The predicted molar refractivity (Wildman–Crippen MR) is 118 cm³/mol. The maximum absolute atomic E-state index is 13.2. The van der Waals surface area contributed by atoms with Crippen LogP contribution in [-0.4, -0.2) is 36.9 Å². The molecule has 0 N–H and O–H groups in total. The molecule has 1 aromatic heterocycles. The number of rotatable bonds is 4. The van der Waals surface area contributed by atoms with Gasteiger partial charge in [-0.2, -0.15) is 4.31 Å². The lowest BCUT2D eigenvalue weighted by Gasteiger charge is -2.31. The highest BCUT2D eigenvalue weighted by molar-refractivity contribution is 7.89. The first-order valence-electron chi connectivity index (χ1n) is 9.55. The van der Waals surface area contributed by atoms with Gasteiger partial charge >= 0.3 is 0 Å². The summed E-state index contributed by atoms with van der Waals surface area (Å²) in [5.41, 5.74) is 3.42. The molecule has 2 heterocycles. The first-order chi connectivity index (χ1) is 13.8. The summed E-state index contributed by atoms with van der Waals surface area (Å²) in [7, 11) is -3.52. The molecule has 1 fully saturated rings. The lowest BCUT2D eigenvalue weighted by atomic mass is 10.1. The molecule has 0 bridgehead atoms. The summed E-state index contributed by atoms with van der Waals surface area (Å²) in [6, 6.07) is 9.52. The molecule has 154 valence electrons. The summed E-state index contributed by atoms with van der Waals surface area (Å²) >= 11 is 7.66. The van der Waals surface area contributed by atoms with E-state index in [9.17, 15) is 8.42 Å². The van der Waals surface area contributed by atoms with Crippen molar-refractivity contribution < 1.29 is 13.2 Å². The number of ether oxygens (including phenoxy) is 1. The summed E-state index contributed by atoms with van der Waals surface area (Å²) in [6.07, 6.45) is 1.21. The van der Waals surface area contributed by atoms with Crippen molar-refractivity contribution in [3.05, 3.63) is 52.0 Å². The van der Waals surface area contributed by atoms with E-state index in [1.54, 1.807) is 4.31 Å². The van der Waals surface area contributed by atoms with E-state index < -0.39 is 10.0 Å². The van der Waals surface area contributed by atoms with Crippen molar-refractivity contribution in [1.29, 1.82) is 0 Å². The Bertz CT molecular complexity index is 1140. The highest BCUT2D eigenvalue weighted by atomic mass is 35.5. The van der Waals surface area contributed by atoms with E-state index in [4.69, 9.17) is 16.3 Å². The van der Waals surface area contributed by atoms with Crippen LogP contribution in [0.1, 0.15) is 29.5 Å². The van der Waals surface area contributed by atoms with E-state index in [1.165, 1.54) is 11.3 Å². The van der Waals surface area contributed by atoms with E-state index in [0.717, 1.165) is 26.9 Å². The van der Waals surface area contributed by atoms with E-state index >= 15 is 0 Å². The number of piperidine rings is 1. The van der Waals surface area contributed by atoms with E-state index in [-0.39, 0.29) is 6.10 Å². The fourth-order valence-corrected chi connectivity index (χ4v) is 7.04. The Kier molecular flexibility index (Phi) is 5.59. The van der Waals surface area contributed by atoms with Crippen LogP contribution >= 0.6 is 22.9 Å². The fraction of sp³-hybridized carbons (Fsp3) is 0.381. The quantitative estimate of drug-likeness (QED) is 0.554. The summed E-state index contributed by atoms with van der Waals surface area (Å²) in [6.45, 7) is 6.58. The highest BCUT2D eigenvalue weighted by Gasteiger charge is 2.32. The molecule has 0 aliphatic carbocycles. The zero-order valence-corrected chi connectivity index (χ0v) is 19.0. The number of aryl methyl sites for hydroxylation is 3. The second-order valence-electron chi connectivity index (χ2n) is 7.52. The monoisotopic (exact) mass is 450 g/mol. The number of thiazole rings is 1. The molecule has 4 rings (SSSR count). The van der Waals surface area contributed by atoms with Gasteiger partial charge < -0.3 is 4.74 Å². The first-order valence-corrected chi connectivity index (χ1v) is 12.2. The van der Waals surface area contributed by atoms with E-state index in [1.807, 2.05) is 51.1 Å². The SMILES string of the molecule is Cc1cc(C)c(S(=O)(=O)N2CCC(Oc3nc4c(Cl)cccc4s3)CC2)c(C)c1. The molecule has 1 saturated heterocycles. The summed E-state index contributed by atoms with van der Waals surface area (Å²) < 4.78 is 35.1. The maximum Gasteiger partial charge on any atom is 0.274 e. The molecule has 2 aromatic carbocycles. The van der Waals surface area contributed by atoms with Crippen LogP contribution in [-0.2, 0) is 10.0 Å². The molecule has 0 spiro atoms. The van der Waals surface area contributed by atoms with Gasteiger partial charge in [-0.15, -0.1) is 0 Å². The van der Waals surface area contributed by atoms with Crippen LogP contribution in [0.4, 0.5) is 0 Å². The smallest absolute Gasteiger partial charge is 0.274 e. The lowest BCUT2D eigenvalue weighted by Crippen LogP contribution is -2.42. The van der Waals surface area contributed by atoms with E-state index in [2.05, 4.69) is 4.98 Å². The fourth-order valence-electron chi connectivity index (χ4n) is 3.98. The molecule has 1 aliphatic heterocycles. The minimum Gasteiger partial charge on any atom is -0.467 e. The largest absolute Gasteiger partial charge is 0.467 e. The van der Waals surface area contributed by atoms with Gasteiger partial charge in [0.25, 0.3) is 5.19 Å². The van der Waals surface area contributed by atoms with Gasteiger partial charge in [0, 0.05) is 13.1 Å². The molecule has 29 heavy (non-hydrogen) atoms. The Balaban J connectivity index is 1.47. The van der Waals surface area contributed by atoms with Crippen molar-refractivity contribution in [1.82, 2.24) is 9.29 Å². The molecule has 0 radical (unpaired) electrons. The van der Waals surface area contributed by atoms with Gasteiger partial charge in [0.05, 0.1) is 14.6 Å². The van der Waals surface area contributed by atoms with Crippen molar-refractivity contribution >= 4 is 43.2 Å². The van der Waals surface area contributed by atoms with Gasteiger partial charge in [-0.25, -0.2) is 13.4 Å². The summed E-state index contributed by atoms with van der Waals surface area (Å²) in [5.74, 6) is 0. The third kappa shape index (κ3) is 4.01. The topological polar surface area (TPSA) is 59.5 Å². The number of sulfonamides is 1. The van der Waals surface area contributed by atoms with Crippen LogP contribution in [0.2, 0.25) is 5.02 Å².